The third kappa shape index (κ3) is 6.69. The van der Waals surface area contributed by atoms with Crippen molar-refractivity contribution >= 4 is 0 Å². The minimum absolute atomic E-state index is 0.455. The van der Waals surface area contributed by atoms with Gasteiger partial charge in [0.25, 0.3) is 0 Å². The van der Waals surface area contributed by atoms with Crippen LogP contribution in [-0.2, 0) is 19.7 Å². The lowest BCUT2D eigenvalue weighted by Crippen LogP contribution is -2.36. The second-order valence-electron chi connectivity index (χ2n) is 4.77. The van der Waals surface area contributed by atoms with Gasteiger partial charge in [0.15, 0.2) is 0 Å². The Morgan fingerprint density at radius 2 is 1.71 bits per heavy atom. The number of nitriles is 1. The average molecular weight is 292 g/mol. The van der Waals surface area contributed by atoms with Gasteiger partial charge in [-0.05, 0) is 12.0 Å². The predicted molar refractivity (Wildman–Crippen MR) is 80.7 cm³/mol. The summed E-state index contributed by atoms with van der Waals surface area (Å²) in [6.07, 6.45) is 1.29. The molecule has 1 atom stereocenters. The van der Waals surface area contributed by atoms with Crippen LogP contribution in [0.15, 0.2) is 30.3 Å². The molecule has 5 nitrogen and oxygen atoms in total. The molecule has 0 radical (unpaired) electrons. The average Bonchev–Trinajstić information content (AvgIpc) is 2.54. The van der Waals surface area contributed by atoms with E-state index in [1.807, 2.05) is 30.3 Å². The fraction of sp³-hybridized carbons (Fsp3) is 0.562. The number of nitrogens with two attached hydrogens (primary N) is 1. The highest BCUT2D eigenvalue weighted by atomic mass is 16.5. The van der Waals surface area contributed by atoms with E-state index in [1.165, 1.54) is 0 Å². The summed E-state index contributed by atoms with van der Waals surface area (Å²) in [4.78, 5) is 0. The Labute approximate surface area is 126 Å². The number of ether oxygens (including phenoxy) is 3. The van der Waals surface area contributed by atoms with Crippen LogP contribution in [0.4, 0.5) is 0 Å². The summed E-state index contributed by atoms with van der Waals surface area (Å²) in [5.41, 5.74) is 5.96. The van der Waals surface area contributed by atoms with Gasteiger partial charge < -0.3 is 19.9 Å². The zero-order valence-electron chi connectivity index (χ0n) is 12.6. The van der Waals surface area contributed by atoms with Gasteiger partial charge in [-0.25, -0.2) is 0 Å². The van der Waals surface area contributed by atoms with E-state index in [9.17, 15) is 5.26 Å². The van der Waals surface area contributed by atoms with Crippen molar-refractivity contribution in [2.24, 2.45) is 5.73 Å². The summed E-state index contributed by atoms with van der Waals surface area (Å²) in [6.45, 7) is 2.91. The molecule has 1 rings (SSSR count). The maximum Gasteiger partial charge on any atom is 0.132 e. The van der Waals surface area contributed by atoms with Crippen LogP contribution in [0.3, 0.4) is 0 Å². The topological polar surface area (TPSA) is 77.5 Å². The fourth-order valence-corrected chi connectivity index (χ4v) is 1.84. The molecule has 21 heavy (non-hydrogen) atoms. The first kappa shape index (κ1) is 17.6. The zero-order chi connectivity index (χ0) is 15.4. The van der Waals surface area contributed by atoms with E-state index < -0.39 is 5.54 Å². The lowest BCUT2D eigenvalue weighted by Gasteiger charge is -2.21. The van der Waals surface area contributed by atoms with Gasteiger partial charge in [-0.1, -0.05) is 30.3 Å². The monoisotopic (exact) mass is 292 g/mol. The summed E-state index contributed by atoms with van der Waals surface area (Å²) < 4.78 is 15.7. The molecule has 0 bridgehead atoms. The molecule has 5 heteroatoms. The van der Waals surface area contributed by atoms with E-state index in [4.69, 9.17) is 19.9 Å². The first-order valence-corrected chi connectivity index (χ1v) is 7.13. The Balaban J connectivity index is 2.17. The van der Waals surface area contributed by atoms with Gasteiger partial charge in [0.05, 0.1) is 19.3 Å². The van der Waals surface area contributed by atoms with E-state index in [1.54, 1.807) is 7.11 Å². The summed E-state index contributed by atoms with van der Waals surface area (Å²) in [5.74, 6) is 0. The van der Waals surface area contributed by atoms with Gasteiger partial charge in [-0.2, -0.15) is 5.26 Å². The first-order chi connectivity index (χ1) is 10.2. The number of hydrogen-bond donors (Lipinski definition) is 1. The smallest absolute Gasteiger partial charge is 0.132 e. The molecule has 0 amide bonds. The molecule has 1 aromatic carbocycles. The van der Waals surface area contributed by atoms with Crippen molar-refractivity contribution in [1.29, 1.82) is 5.26 Å². The Bertz CT molecular complexity index is 419. The standard InChI is InChI=1S/C16H24N2O3/c1-19-12-13-21-10-5-9-20-11-8-16(18,14-17)15-6-3-2-4-7-15/h2-4,6-7H,5,8-13,18H2,1H3. The third-order valence-electron chi connectivity index (χ3n) is 3.14. The van der Waals surface area contributed by atoms with E-state index in [0.29, 0.717) is 39.5 Å². The van der Waals surface area contributed by atoms with E-state index in [-0.39, 0.29) is 0 Å². The van der Waals surface area contributed by atoms with Crippen molar-refractivity contribution in [2.75, 3.05) is 40.1 Å². The number of hydrogen-bond acceptors (Lipinski definition) is 5. The van der Waals surface area contributed by atoms with E-state index in [0.717, 1.165) is 12.0 Å². The molecule has 1 unspecified atom stereocenters. The zero-order valence-corrected chi connectivity index (χ0v) is 12.6. The van der Waals surface area contributed by atoms with Crippen LogP contribution in [0.25, 0.3) is 0 Å². The largest absolute Gasteiger partial charge is 0.382 e. The van der Waals surface area contributed by atoms with Gasteiger partial charge in [0.2, 0.25) is 0 Å². The van der Waals surface area contributed by atoms with Crippen molar-refractivity contribution in [3.8, 4) is 6.07 Å². The molecule has 0 saturated heterocycles. The second-order valence-corrected chi connectivity index (χ2v) is 4.77. The van der Waals surface area contributed by atoms with Crippen molar-refractivity contribution in [3.63, 3.8) is 0 Å². The quantitative estimate of drug-likeness (QED) is 0.630. The van der Waals surface area contributed by atoms with Crippen LogP contribution in [0.5, 0.6) is 0 Å². The number of nitrogens with zero attached hydrogens (tertiary/aromatic N) is 1. The highest BCUT2D eigenvalue weighted by Gasteiger charge is 2.26. The summed E-state index contributed by atoms with van der Waals surface area (Å²) in [7, 11) is 1.65. The normalized spacial score (nSPS) is 13.6. The van der Waals surface area contributed by atoms with Crippen LogP contribution in [0.2, 0.25) is 0 Å². The molecular weight excluding hydrogens is 268 g/mol. The van der Waals surface area contributed by atoms with Crippen LogP contribution in [0.1, 0.15) is 18.4 Å². The Kier molecular flexibility index (Phi) is 8.63. The number of rotatable bonds is 11. The molecule has 0 aromatic heterocycles. The van der Waals surface area contributed by atoms with Gasteiger partial charge in [0.1, 0.15) is 5.54 Å². The molecule has 0 saturated carbocycles. The van der Waals surface area contributed by atoms with Crippen LogP contribution in [0, 0.1) is 11.3 Å². The van der Waals surface area contributed by atoms with Crippen LogP contribution in [-0.4, -0.2) is 40.1 Å². The highest BCUT2D eigenvalue weighted by molar-refractivity contribution is 5.30. The molecule has 1 aromatic rings. The number of methoxy groups -OCH3 is 1. The maximum atomic E-state index is 9.30. The minimum Gasteiger partial charge on any atom is -0.382 e. The van der Waals surface area contributed by atoms with E-state index in [2.05, 4.69) is 6.07 Å². The molecule has 0 aliphatic carbocycles. The summed E-state index contributed by atoms with van der Waals surface area (Å²) in [5, 5.41) is 9.30. The van der Waals surface area contributed by atoms with Gasteiger partial charge in [-0.3, -0.25) is 0 Å². The number of benzene rings is 1. The van der Waals surface area contributed by atoms with Gasteiger partial charge in [0, 0.05) is 33.4 Å². The van der Waals surface area contributed by atoms with Gasteiger partial charge >= 0.3 is 0 Å². The van der Waals surface area contributed by atoms with Crippen molar-refractivity contribution < 1.29 is 14.2 Å². The molecule has 0 spiro atoms. The Morgan fingerprint density at radius 1 is 1.05 bits per heavy atom. The van der Waals surface area contributed by atoms with Crippen molar-refractivity contribution in [2.45, 2.75) is 18.4 Å². The Hall–Kier alpha value is -1.45. The molecule has 0 heterocycles. The molecule has 0 aliphatic rings. The third-order valence-corrected chi connectivity index (χ3v) is 3.14. The van der Waals surface area contributed by atoms with Crippen LogP contribution >= 0.6 is 0 Å². The highest BCUT2D eigenvalue weighted by Crippen LogP contribution is 2.21. The van der Waals surface area contributed by atoms with Crippen molar-refractivity contribution in [3.05, 3.63) is 35.9 Å². The molecule has 2 N–H and O–H groups in total. The minimum atomic E-state index is -0.990. The first-order valence-electron chi connectivity index (χ1n) is 7.13. The van der Waals surface area contributed by atoms with E-state index >= 15 is 0 Å². The molecule has 0 fully saturated rings. The van der Waals surface area contributed by atoms with Gasteiger partial charge in [-0.15, -0.1) is 0 Å². The summed E-state index contributed by atoms with van der Waals surface area (Å²) in [6, 6.07) is 11.6. The molecular formula is C16H24N2O3. The lowest BCUT2D eigenvalue weighted by atomic mass is 9.89. The fourth-order valence-electron chi connectivity index (χ4n) is 1.84. The lowest BCUT2D eigenvalue weighted by molar-refractivity contribution is 0.0494. The van der Waals surface area contributed by atoms with Crippen LogP contribution < -0.4 is 5.73 Å². The second kappa shape index (κ2) is 10.3. The summed E-state index contributed by atoms with van der Waals surface area (Å²) >= 11 is 0. The molecule has 116 valence electrons. The Morgan fingerprint density at radius 3 is 2.33 bits per heavy atom. The molecule has 0 aliphatic heterocycles. The predicted octanol–water partition coefficient (Wildman–Crippen LogP) is 1.82. The SMILES string of the molecule is COCCOCCCOCCC(N)(C#N)c1ccccc1. The van der Waals surface area contributed by atoms with Crippen molar-refractivity contribution in [1.82, 2.24) is 0 Å². The maximum absolute atomic E-state index is 9.30.